The third kappa shape index (κ3) is 3.91. The minimum absolute atomic E-state index is 0.00850. The van der Waals surface area contributed by atoms with Crippen LogP contribution in [-0.4, -0.2) is 61.6 Å². The van der Waals surface area contributed by atoms with E-state index in [4.69, 9.17) is 11.6 Å². The fourth-order valence-corrected chi connectivity index (χ4v) is 5.35. The number of benzene rings is 1. The molecule has 2 aliphatic rings. The Morgan fingerprint density at radius 3 is 2.67 bits per heavy atom. The van der Waals surface area contributed by atoms with Crippen molar-refractivity contribution in [1.29, 1.82) is 0 Å². The predicted octanol–water partition coefficient (Wildman–Crippen LogP) is 2.03. The molecule has 0 radical (unpaired) electrons. The van der Waals surface area contributed by atoms with Crippen molar-refractivity contribution in [2.45, 2.75) is 43.0 Å². The molecule has 1 aromatic rings. The molecule has 0 bridgehead atoms. The normalized spacial score (nSPS) is 24.4. The van der Waals surface area contributed by atoms with Gasteiger partial charge >= 0.3 is 6.03 Å². The Kier molecular flexibility index (Phi) is 6.13. The maximum absolute atomic E-state index is 13.0. The third-order valence-electron chi connectivity index (χ3n) is 5.78. The van der Waals surface area contributed by atoms with Crippen molar-refractivity contribution in [1.82, 2.24) is 14.5 Å². The number of hydrogen-bond donors (Lipinski definition) is 2. The van der Waals surface area contributed by atoms with Crippen molar-refractivity contribution in [2.75, 3.05) is 26.0 Å². The molecule has 1 saturated carbocycles. The molecule has 1 aliphatic heterocycles. The first-order valence-corrected chi connectivity index (χ1v) is 11.5. The van der Waals surface area contributed by atoms with Crippen LogP contribution in [0.2, 0.25) is 5.02 Å². The van der Waals surface area contributed by atoms with Gasteiger partial charge in [0.15, 0.2) is 0 Å². The van der Waals surface area contributed by atoms with Gasteiger partial charge in [0.1, 0.15) is 17.0 Å². The molecular formula is C19H25ClN4O5S. The molecule has 164 valence electrons. The summed E-state index contributed by atoms with van der Waals surface area (Å²) >= 11 is 6.01. The number of hydrogen-bond acceptors (Lipinski definition) is 5. The van der Waals surface area contributed by atoms with Crippen LogP contribution >= 0.6 is 11.6 Å². The molecule has 30 heavy (non-hydrogen) atoms. The van der Waals surface area contributed by atoms with Gasteiger partial charge in [-0.25, -0.2) is 17.5 Å². The van der Waals surface area contributed by atoms with Gasteiger partial charge in [-0.2, -0.15) is 0 Å². The minimum atomic E-state index is -3.81. The lowest BCUT2D eigenvalue weighted by Crippen LogP contribution is -2.54. The van der Waals surface area contributed by atoms with E-state index in [1.165, 1.54) is 32.3 Å². The van der Waals surface area contributed by atoms with Crippen molar-refractivity contribution in [3.63, 3.8) is 0 Å². The Morgan fingerprint density at radius 1 is 1.33 bits per heavy atom. The molecule has 2 N–H and O–H groups in total. The number of nitrogens with one attached hydrogen (secondary N) is 2. The molecule has 11 heteroatoms. The molecule has 1 heterocycles. The van der Waals surface area contributed by atoms with E-state index in [0.29, 0.717) is 6.42 Å². The van der Waals surface area contributed by atoms with Crippen LogP contribution < -0.4 is 10.6 Å². The van der Waals surface area contributed by atoms with Crippen molar-refractivity contribution < 1.29 is 22.8 Å². The van der Waals surface area contributed by atoms with E-state index >= 15 is 0 Å². The predicted molar refractivity (Wildman–Crippen MR) is 112 cm³/mol. The molecule has 9 nitrogen and oxygen atoms in total. The minimum Gasteiger partial charge on any atom is -0.324 e. The van der Waals surface area contributed by atoms with Crippen LogP contribution in [0.5, 0.6) is 0 Å². The smallest absolute Gasteiger partial charge is 0.324 e. The summed E-state index contributed by atoms with van der Waals surface area (Å²) in [5.41, 5.74) is -0.749. The standard InChI is InChI=1S/C19H25ClN4O5S/c1-12-6-4-5-9-19(12)17(26)24(18(27)22-19)11-16(25)21-13-7-8-14(20)15(10-13)30(28,29)23(2)3/h7-8,10,12H,4-6,9,11H2,1-3H3,(H,21,25)(H,22,27)/t12-,19+/m1/s1. The summed E-state index contributed by atoms with van der Waals surface area (Å²) in [6.45, 7) is 1.47. The Labute approximate surface area is 180 Å². The largest absolute Gasteiger partial charge is 0.325 e. The second-order valence-corrected chi connectivity index (χ2v) is 10.4. The summed E-state index contributed by atoms with van der Waals surface area (Å²) < 4.78 is 25.8. The number of imide groups is 1. The third-order valence-corrected chi connectivity index (χ3v) is 8.07. The second kappa shape index (κ2) is 8.16. The highest BCUT2D eigenvalue weighted by Gasteiger charge is 2.55. The number of carbonyl (C=O) groups is 3. The maximum Gasteiger partial charge on any atom is 0.325 e. The molecule has 4 amide bonds. The maximum atomic E-state index is 13.0. The van der Waals surface area contributed by atoms with E-state index in [1.54, 1.807) is 0 Å². The number of halogens is 1. The quantitative estimate of drug-likeness (QED) is 0.657. The van der Waals surface area contributed by atoms with Crippen molar-refractivity contribution in [3.8, 4) is 0 Å². The summed E-state index contributed by atoms with van der Waals surface area (Å²) in [5.74, 6) is -1.01. The van der Waals surface area contributed by atoms with Crippen LogP contribution in [0.25, 0.3) is 0 Å². The van der Waals surface area contributed by atoms with E-state index in [1.807, 2.05) is 6.92 Å². The van der Waals surface area contributed by atoms with Crippen LogP contribution in [0.3, 0.4) is 0 Å². The van der Waals surface area contributed by atoms with Gasteiger partial charge in [0.2, 0.25) is 15.9 Å². The van der Waals surface area contributed by atoms with Gasteiger partial charge in [0.05, 0.1) is 5.02 Å². The monoisotopic (exact) mass is 456 g/mol. The Balaban J connectivity index is 1.75. The van der Waals surface area contributed by atoms with Crippen molar-refractivity contribution in [2.24, 2.45) is 5.92 Å². The van der Waals surface area contributed by atoms with Crippen molar-refractivity contribution in [3.05, 3.63) is 23.2 Å². The summed E-state index contributed by atoms with van der Waals surface area (Å²) in [5, 5.41) is 5.35. The van der Waals surface area contributed by atoms with Crippen LogP contribution in [-0.2, 0) is 19.6 Å². The van der Waals surface area contributed by atoms with Gasteiger partial charge in [-0.3, -0.25) is 14.5 Å². The molecule has 0 aromatic heterocycles. The fraction of sp³-hybridized carbons (Fsp3) is 0.526. The number of anilines is 1. The number of carbonyl (C=O) groups excluding carboxylic acids is 3. The SMILES string of the molecule is C[C@@H]1CCCC[C@]12NC(=O)N(CC(=O)Nc1ccc(Cl)c(S(=O)(=O)N(C)C)c1)C2=O. The molecule has 3 rings (SSSR count). The zero-order valence-electron chi connectivity index (χ0n) is 17.1. The number of nitrogens with zero attached hydrogens (tertiary/aromatic N) is 2. The fourth-order valence-electron chi connectivity index (χ4n) is 3.96. The lowest BCUT2D eigenvalue weighted by molar-refractivity contribution is -0.136. The van der Waals surface area contributed by atoms with Gasteiger partial charge in [0.25, 0.3) is 5.91 Å². The molecule has 1 spiro atoms. The highest BCUT2D eigenvalue weighted by Crippen LogP contribution is 2.38. The van der Waals surface area contributed by atoms with Gasteiger partial charge in [-0.15, -0.1) is 0 Å². The highest BCUT2D eigenvalue weighted by molar-refractivity contribution is 7.89. The van der Waals surface area contributed by atoms with E-state index in [0.717, 1.165) is 28.5 Å². The number of amides is 4. The average Bonchev–Trinajstić information content (AvgIpc) is 2.90. The van der Waals surface area contributed by atoms with Gasteiger partial charge < -0.3 is 10.6 Å². The topological polar surface area (TPSA) is 116 Å². The summed E-state index contributed by atoms with van der Waals surface area (Å²) in [6, 6.07) is 3.47. The second-order valence-electron chi connectivity index (χ2n) is 7.92. The zero-order valence-corrected chi connectivity index (χ0v) is 18.6. The van der Waals surface area contributed by atoms with E-state index in [9.17, 15) is 22.8 Å². The van der Waals surface area contributed by atoms with Crippen molar-refractivity contribution >= 4 is 45.2 Å². The summed E-state index contributed by atoms with van der Waals surface area (Å²) in [6.07, 6.45) is 3.23. The Bertz CT molecular complexity index is 997. The van der Waals surface area contributed by atoms with E-state index in [2.05, 4.69) is 10.6 Å². The zero-order chi connectivity index (χ0) is 22.3. The van der Waals surface area contributed by atoms with Crippen LogP contribution in [0.4, 0.5) is 10.5 Å². The summed E-state index contributed by atoms with van der Waals surface area (Å²) in [7, 11) is -1.07. The summed E-state index contributed by atoms with van der Waals surface area (Å²) in [4.78, 5) is 38.6. The highest BCUT2D eigenvalue weighted by atomic mass is 35.5. The number of urea groups is 1. The van der Waals surface area contributed by atoms with Crippen LogP contribution in [0, 0.1) is 5.92 Å². The van der Waals surface area contributed by atoms with Crippen LogP contribution in [0.15, 0.2) is 23.1 Å². The van der Waals surface area contributed by atoms with Gasteiger partial charge in [-0.1, -0.05) is 31.4 Å². The molecule has 0 unspecified atom stereocenters. The number of sulfonamides is 1. The molecule has 1 aliphatic carbocycles. The molecule has 1 saturated heterocycles. The lowest BCUT2D eigenvalue weighted by atomic mass is 9.73. The Morgan fingerprint density at radius 2 is 2.03 bits per heavy atom. The number of rotatable bonds is 5. The van der Waals surface area contributed by atoms with Gasteiger partial charge in [-0.05, 0) is 37.0 Å². The van der Waals surface area contributed by atoms with Crippen LogP contribution in [0.1, 0.15) is 32.6 Å². The first kappa shape index (κ1) is 22.5. The molecule has 2 fully saturated rings. The first-order chi connectivity index (χ1) is 14.0. The molecular weight excluding hydrogens is 432 g/mol. The first-order valence-electron chi connectivity index (χ1n) is 9.65. The molecule has 2 atom stereocenters. The van der Waals surface area contributed by atoms with E-state index < -0.39 is 34.0 Å². The van der Waals surface area contributed by atoms with Gasteiger partial charge in [0, 0.05) is 19.8 Å². The van der Waals surface area contributed by atoms with E-state index in [-0.39, 0.29) is 27.4 Å². The average molecular weight is 457 g/mol. The lowest BCUT2D eigenvalue weighted by Gasteiger charge is -2.36. The molecule has 1 aromatic carbocycles. The Hall–Kier alpha value is -2.17.